The summed E-state index contributed by atoms with van der Waals surface area (Å²) in [6, 6.07) is 7.80. The fourth-order valence-corrected chi connectivity index (χ4v) is 3.86. The van der Waals surface area contributed by atoms with Crippen molar-refractivity contribution in [1.29, 1.82) is 0 Å². The van der Waals surface area contributed by atoms with Crippen molar-refractivity contribution >= 4 is 5.97 Å². The second-order valence-corrected chi connectivity index (χ2v) is 7.90. The number of unbranched alkanes of at least 4 members (excludes halogenated alkanes) is 10. The molecule has 0 radical (unpaired) electrons. The van der Waals surface area contributed by atoms with Gasteiger partial charge in [0.05, 0.1) is 0 Å². The van der Waals surface area contributed by atoms with Gasteiger partial charge in [-0.2, -0.15) is 0 Å². The van der Waals surface area contributed by atoms with Crippen molar-refractivity contribution in [2.24, 2.45) is 0 Å². The van der Waals surface area contributed by atoms with Gasteiger partial charge < -0.3 is 10.2 Å². The van der Waals surface area contributed by atoms with Crippen molar-refractivity contribution in [2.45, 2.75) is 109 Å². The third kappa shape index (κ3) is 12.5. The van der Waals surface area contributed by atoms with Crippen molar-refractivity contribution in [3.63, 3.8) is 0 Å². The van der Waals surface area contributed by atoms with E-state index in [9.17, 15) is 9.90 Å². The van der Waals surface area contributed by atoms with Crippen molar-refractivity contribution in [3.05, 3.63) is 29.8 Å². The summed E-state index contributed by atoms with van der Waals surface area (Å²) in [6.07, 6.45) is 17.5. The molecule has 0 spiro atoms. The number of aliphatic carboxylic acids is 1. The Morgan fingerprint density at radius 1 is 0.852 bits per heavy atom. The van der Waals surface area contributed by atoms with Crippen LogP contribution >= 0.6 is 0 Å². The Hall–Kier alpha value is -1.51. The molecule has 0 heterocycles. The van der Waals surface area contributed by atoms with Crippen LogP contribution in [0.4, 0.5) is 0 Å². The van der Waals surface area contributed by atoms with E-state index in [1.807, 2.05) is 12.1 Å². The summed E-state index contributed by atoms with van der Waals surface area (Å²) in [6.45, 7) is 2.24. The van der Waals surface area contributed by atoms with Gasteiger partial charge >= 0.3 is 5.97 Å². The van der Waals surface area contributed by atoms with Crippen LogP contribution in [0.25, 0.3) is 0 Å². The smallest absolute Gasteiger partial charge is 0.303 e. The Labute approximate surface area is 166 Å². The molecule has 3 heteroatoms. The van der Waals surface area contributed by atoms with E-state index >= 15 is 0 Å². The predicted molar refractivity (Wildman–Crippen MR) is 113 cm³/mol. The molecule has 0 amide bonds. The first kappa shape index (κ1) is 23.5. The van der Waals surface area contributed by atoms with E-state index in [0.717, 1.165) is 12.8 Å². The molecule has 1 rings (SSSR count). The number of aromatic hydroxyl groups is 1. The standard InChI is InChI=1S/C24H40O3/c1-2-15-21(22-17-14-18-23(25)20-22)16-12-10-8-6-4-3-5-7-9-11-13-19-24(26)27/h14,17-18,20-21,25H,2-13,15-16,19H2,1H3,(H,26,27). The fraction of sp³-hybridized carbons (Fsp3) is 0.708. The molecule has 1 unspecified atom stereocenters. The minimum Gasteiger partial charge on any atom is -0.508 e. The molecule has 1 atom stereocenters. The van der Waals surface area contributed by atoms with Crippen LogP contribution in [0, 0.1) is 0 Å². The molecule has 1 aromatic rings. The van der Waals surface area contributed by atoms with Crippen molar-refractivity contribution in [2.75, 3.05) is 0 Å². The number of benzene rings is 1. The molecule has 0 aromatic heterocycles. The van der Waals surface area contributed by atoms with Crippen molar-refractivity contribution in [3.8, 4) is 5.75 Å². The molecule has 0 saturated heterocycles. The molecule has 27 heavy (non-hydrogen) atoms. The Morgan fingerprint density at radius 3 is 1.93 bits per heavy atom. The summed E-state index contributed by atoms with van der Waals surface area (Å²) in [5, 5.41) is 18.3. The number of hydrogen-bond donors (Lipinski definition) is 2. The highest BCUT2D eigenvalue weighted by atomic mass is 16.4. The van der Waals surface area contributed by atoms with E-state index in [-0.39, 0.29) is 0 Å². The summed E-state index contributed by atoms with van der Waals surface area (Å²) in [4.78, 5) is 10.4. The van der Waals surface area contributed by atoms with E-state index < -0.39 is 5.97 Å². The lowest BCUT2D eigenvalue weighted by atomic mass is 9.89. The van der Waals surface area contributed by atoms with E-state index in [2.05, 4.69) is 13.0 Å². The average Bonchev–Trinajstić information content (AvgIpc) is 2.64. The van der Waals surface area contributed by atoms with Gasteiger partial charge in [-0.3, -0.25) is 4.79 Å². The van der Waals surface area contributed by atoms with Gasteiger partial charge in [0.25, 0.3) is 0 Å². The van der Waals surface area contributed by atoms with Gasteiger partial charge in [0, 0.05) is 6.42 Å². The van der Waals surface area contributed by atoms with Crippen molar-refractivity contribution < 1.29 is 15.0 Å². The zero-order valence-corrected chi connectivity index (χ0v) is 17.3. The molecule has 2 N–H and O–H groups in total. The Balaban J connectivity index is 1.98. The molecule has 0 saturated carbocycles. The lowest BCUT2D eigenvalue weighted by Crippen LogP contribution is -1.99. The van der Waals surface area contributed by atoms with Crippen LogP contribution in [0.2, 0.25) is 0 Å². The third-order valence-corrected chi connectivity index (χ3v) is 5.42. The Morgan fingerprint density at radius 2 is 1.41 bits per heavy atom. The molecule has 0 bridgehead atoms. The minimum atomic E-state index is -0.669. The monoisotopic (exact) mass is 376 g/mol. The zero-order valence-electron chi connectivity index (χ0n) is 17.3. The van der Waals surface area contributed by atoms with Gasteiger partial charge in [0.15, 0.2) is 0 Å². The van der Waals surface area contributed by atoms with Crippen LogP contribution in [0.3, 0.4) is 0 Å². The number of carboxylic acids is 1. The summed E-state index contributed by atoms with van der Waals surface area (Å²) in [5.74, 6) is 0.302. The highest BCUT2D eigenvalue weighted by Gasteiger charge is 2.10. The largest absolute Gasteiger partial charge is 0.508 e. The maximum Gasteiger partial charge on any atom is 0.303 e. The maximum absolute atomic E-state index is 10.4. The molecule has 0 fully saturated rings. The number of rotatable bonds is 17. The quantitative estimate of drug-likeness (QED) is 0.278. The van der Waals surface area contributed by atoms with Crippen LogP contribution in [0.15, 0.2) is 24.3 Å². The first-order valence-electron chi connectivity index (χ1n) is 11.1. The molecule has 3 nitrogen and oxygen atoms in total. The summed E-state index contributed by atoms with van der Waals surface area (Å²) in [5.41, 5.74) is 1.29. The van der Waals surface area contributed by atoms with Gasteiger partial charge in [-0.1, -0.05) is 89.7 Å². The lowest BCUT2D eigenvalue weighted by molar-refractivity contribution is -0.137. The van der Waals surface area contributed by atoms with Crippen LogP contribution in [-0.2, 0) is 4.79 Å². The maximum atomic E-state index is 10.4. The zero-order chi connectivity index (χ0) is 19.7. The predicted octanol–water partition coefficient (Wildman–Crippen LogP) is 7.43. The van der Waals surface area contributed by atoms with Gasteiger partial charge in [0.1, 0.15) is 5.75 Å². The van der Waals surface area contributed by atoms with E-state index in [4.69, 9.17) is 5.11 Å². The summed E-state index contributed by atoms with van der Waals surface area (Å²) >= 11 is 0. The number of hydrogen-bond acceptors (Lipinski definition) is 2. The number of carboxylic acid groups (broad SMARTS) is 1. The summed E-state index contributed by atoms with van der Waals surface area (Å²) in [7, 11) is 0. The highest BCUT2D eigenvalue weighted by Crippen LogP contribution is 2.29. The Kier molecular flexibility index (Phi) is 13.5. The first-order chi connectivity index (χ1) is 13.1. The normalized spacial score (nSPS) is 12.2. The van der Waals surface area contributed by atoms with Gasteiger partial charge in [-0.05, 0) is 42.9 Å². The molecule has 154 valence electrons. The van der Waals surface area contributed by atoms with E-state index in [0.29, 0.717) is 18.1 Å². The topological polar surface area (TPSA) is 57.5 Å². The molecular weight excluding hydrogens is 336 g/mol. The average molecular weight is 377 g/mol. The number of phenols is 1. The highest BCUT2D eigenvalue weighted by molar-refractivity contribution is 5.66. The fourth-order valence-electron chi connectivity index (χ4n) is 3.86. The third-order valence-electron chi connectivity index (χ3n) is 5.42. The van der Waals surface area contributed by atoms with E-state index in [1.54, 1.807) is 6.07 Å². The second kappa shape index (κ2) is 15.5. The molecule has 0 aliphatic carbocycles. The van der Waals surface area contributed by atoms with Crippen LogP contribution in [0.5, 0.6) is 5.75 Å². The van der Waals surface area contributed by atoms with Crippen molar-refractivity contribution in [1.82, 2.24) is 0 Å². The first-order valence-corrected chi connectivity index (χ1v) is 11.1. The number of phenolic OH excluding ortho intramolecular Hbond substituents is 1. The van der Waals surface area contributed by atoms with Crippen LogP contribution in [-0.4, -0.2) is 16.2 Å². The van der Waals surface area contributed by atoms with Gasteiger partial charge in [0.2, 0.25) is 0 Å². The lowest BCUT2D eigenvalue weighted by Gasteiger charge is -2.17. The second-order valence-electron chi connectivity index (χ2n) is 7.90. The Bertz CT molecular complexity index is 498. The number of carbonyl (C=O) groups is 1. The van der Waals surface area contributed by atoms with Gasteiger partial charge in [-0.25, -0.2) is 0 Å². The van der Waals surface area contributed by atoms with Crippen LogP contribution < -0.4 is 0 Å². The molecule has 1 aromatic carbocycles. The van der Waals surface area contributed by atoms with Crippen LogP contribution in [0.1, 0.15) is 115 Å². The molecule has 0 aliphatic heterocycles. The summed E-state index contributed by atoms with van der Waals surface area (Å²) < 4.78 is 0. The SMILES string of the molecule is CCCC(CCCCCCCCCCCCCC(=O)O)c1cccc(O)c1. The molecule has 0 aliphatic rings. The van der Waals surface area contributed by atoms with Gasteiger partial charge in [-0.15, -0.1) is 0 Å². The van der Waals surface area contributed by atoms with E-state index in [1.165, 1.54) is 82.6 Å². The minimum absolute atomic E-state index is 0.324. The molecular formula is C24H40O3.